The number of alkyl carbamates (subject to hydrolysis) is 1. The van der Waals surface area contributed by atoms with Gasteiger partial charge >= 0.3 is 6.09 Å². The largest absolute Gasteiger partial charge is 0.444 e. The van der Waals surface area contributed by atoms with Gasteiger partial charge in [0, 0.05) is 13.1 Å². The predicted molar refractivity (Wildman–Crippen MR) is 183 cm³/mol. The van der Waals surface area contributed by atoms with Crippen LogP contribution in [0.3, 0.4) is 0 Å². The monoisotopic (exact) mass is 718 g/mol. The number of piperidine rings is 1. The maximum atomic E-state index is 14.8. The quantitative estimate of drug-likeness (QED) is 0.213. The molecule has 1 saturated heterocycles. The first-order valence-electron chi connectivity index (χ1n) is 17.4. The molecule has 13 nitrogen and oxygen atoms in total. The van der Waals surface area contributed by atoms with Gasteiger partial charge in [0.25, 0.3) is 11.8 Å². The molecule has 0 radical (unpaired) electrons. The number of nitrogens with one attached hydrogen (secondary N) is 4. The minimum absolute atomic E-state index is 0.0349. The second kappa shape index (κ2) is 15.2. The fraction of sp³-hybridized carbons (Fsp3) is 0.667. The fourth-order valence-corrected chi connectivity index (χ4v) is 6.48. The molecule has 15 heteroatoms. The number of ether oxygens (including phenoxy) is 1. The first-order valence-corrected chi connectivity index (χ1v) is 17.4. The van der Waals surface area contributed by atoms with Crippen LogP contribution in [0.4, 0.5) is 13.6 Å². The van der Waals surface area contributed by atoms with Crippen molar-refractivity contribution in [1.82, 2.24) is 31.1 Å². The number of carbonyl (C=O) groups excluding carboxylic acids is 6. The number of halogens is 2. The molecule has 3 aliphatic rings. The van der Waals surface area contributed by atoms with Crippen LogP contribution in [-0.2, 0) is 28.7 Å². The maximum Gasteiger partial charge on any atom is 0.408 e. The third-order valence-electron chi connectivity index (χ3n) is 9.28. The van der Waals surface area contributed by atoms with E-state index in [1.165, 1.54) is 0 Å². The van der Waals surface area contributed by atoms with Gasteiger partial charge in [-0.3, -0.25) is 24.0 Å². The number of benzene rings is 1. The van der Waals surface area contributed by atoms with E-state index >= 15 is 0 Å². The molecule has 282 valence electrons. The van der Waals surface area contributed by atoms with Crippen LogP contribution in [-0.4, -0.2) is 109 Å². The summed E-state index contributed by atoms with van der Waals surface area (Å²) < 4.78 is 35.0. The van der Waals surface area contributed by atoms with E-state index < -0.39 is 95.5 Å². The number of rotatable bonds is 14. The highest BCUT2D eigenvalue weighted by Gasteiger charge is 2.78. The summed E-state index contributed by atoms with van der Waals surface area (Å²) >= 11 is 0. The molecule has 4 rings (SSSR count). The number of hydrogen-bond donors (Lipinski definition) is 4. The normalized spacial score (nSPS) is 22.6. The molecule has 1 aromatic rings. The Morgan fingerprint density at radius 3 is 2.14 bits per heavy atom. The van der Waals surface area contributed by atoms with Crippen molar-refractivity contribution in [3.8, 4) is 0 Å². The number of hydrogen-bond acceptors (Lipinski definition) is 8. The van der Waals surface area contributed by atoms with Gasteiger partial charge in [-0.1, -0.05) is 63.9 Å². The van der Waals surface area contributed by atoms with Crippen LogP contribution >= 0.6 is 0 Å². The average molecular weight is 719 g/mol. The Bertz CT molecular complexity index is 1490. The van der Waals surface area contributed by atoms with Crippen molar-refractivity contribution >= 4 is 35.5 Å². The van der Waals surface area contributed by atoms with Crippen molar-refractivity contribution in [3.63, 3.8) is 0 Å². The molecule has 4 N–H and O–H groups in total. The SMILES string of the molecule is CN(C)CC(NC(=O)CNC(=O)C(=O)C(CC1CC1)NC(=O)[C@@H]1[C@@H]2[C@H](CN1C(=O)[C@@H](NC(=O)OC(C)(C)C)C(C)(C)C)C2(F)F)c1ccccc1. The zero-order valence-electron chi connectivity index (χ0n) is 30.7. The molecule has 1 aromatic carbocycles. The van der Waals surface area contributed by atoms with Crippen LogP contribution < -0.4 is 21.3 Å². The number of alkyl halides is 2. The Balaban J connectivity index is 1.45. The van der Waals surface area contributed by atoms with Gasteiger partial charge in [-0.2, -0.15) is 0 Å². The first kappa shape index (κ1) is 39.6. The van der Waals surface area contributed by atoms with Gasteiger partial charge in [0.2, 0.25) is 23.5 Å². The summed E-state index contributed by atoms with van der Waals surface area (Å²) in [5, 5.41) is 10.2. The van der Waals surface area contributed by atoms with Gasteiger partial charge < -0.3 is 35.8 Å². The van der Waals surface area contributed by atoms with Crippen LogP contribution in [0.5, 0.6) is 0 Å². The summed E-state index contributed by atoms with van der Waals surface area (Å²) in [5.74, 6) is -10.3. The highest BCUT2D eigenvalue weighted by atomic mass is 19.3. The molecule has 5 amide bonds. The second-order valence-electron chi connectivity index (χ2n) is 16.3. The Kier molecular flexibility index (Phi) is 11.8. The lowest BCUT2D eigenvalue weighted by Gasteiger charge is -2.37. The lowest BCUT2D eigenvalue weighted by molar-refractivity contribution is -0.147. The van der Waals surface area contributed by atoms with Gasteiger partial charge in [-0.15, -0.1) is 0 Å². The summed E-state index contributed by atoms with van der Waals surface area (Å²) in [6, 6.07) is 4.64. The standard InChI is InChI=1S/C36H52F2N6O7/c1-34(2,3)29(42-33(50)51-35(4,5)6)32(49)44-18-22-26(36(22,37)38)27(44)30(47)41-23(16-20-14-15-20)28(46)31(48)39-17-25(45)40-24(19-43(7)8)21-12-10-9-11-13-21/h9-13,20,22-24,26-27,29H,14-19H2,1-8H3,(H,39,48)(H,40,45)(H,41,47)(H,42,50)/t22-,23?,24?,26-,27-,29+/m0/s1. The van der Waals surface area contributed by atoms with Gasteiger partial charge in [-0.05, 0) is 58.2 Å². The third kappa shape index (κ3) is 10.2. The summed E-state index contributed by atoms with van der Waals surface area (Å²) in [5.41, 5.74) is -0.913. The van der Waals surface area contributed by atoms with Crippen molar-refractivity contribution in [1.29, 1.82) is 0 Å². The van der Waals surface area contributed by atoms with E-state index in [9.17, 15) is 37.5 Å². The van der Waals surface area contributed by atoms with E-state index in [2.05, 4.69) is 21.3 Å². The van der Waals surface area contributed by atoms with Crippen molar-refractivity contribution < 1.29 is 42.3 Å². The molecular formula is C36H52F2N6O7. The van der Waals surface area contributed by atoms with Crippen LogP contribution in [0.1, 0.15) is 72.4 Å². The smallest absolute Gasteiger partial charge is 0.408 e. The van der Waals surface area contributed by atoms with Crippen LogP contribution in [0, 0.1) is 23.2 Å². The number of fused-ring (bicyclic) bond motifs is 1. The summed E-state index contributed by atoms with van der Waals surface area (Å²) in [4.78, 5) is 82.6. The van der Waals surface area contributed by atoms with E-state index in [0.717, 1.165) is 23.3 Å². The van der Waals surface area contributed by atoms with Crippen molar-refractivity contribution in [2.75, 3.05) is 33.7 Å². The molecule has 1 heterocycles. The van der Waals surface area contributed by atoms with E-state index in [-0.39, 0.29) is 18.4 Å². The number of carbonyl (C=O) groups is 6. The third-order valence-corrected chi connectivity index (χ3v) is 9.28. The lowest BCUT2D eigenvalue weighted by atomic mass is 9.85. The highest BCUT2D eigenvalue weighted by Crippen LogP contribution is 2.62. The van der Waals surface area contributed by atoms with Gasteiger partial charge in [0.05, 0.1) is 30.5 Å². The number of Topliss-reactive ketones (excluding diaryl/α,β-unsaturated/α-hetero) is 1. The fourth-order valence-electron chi connectivity index (χ4n) is 6.48. The zero-order valence-corrected chi connectivity index (χ0v) is 30.7. The Labute approximate surface area is 297 Å². The number of likely N-dealkylation sites (tertiary alicyclic amines) is 1. The molecule has 51 heavy (non-hydrogen) atoms. The number of likely N-dealkylation sites (N-methyl/N-ethyl adjacent to an activating group) is 1. The minimum atomic E-state index is -3.21. The number of ketones is 1. The zero-order chi connectivity index (χ0) is 38.1. The maximum absolute atomic E-state index is 14.8. The van der Waals surface area contributed by atoms with Gasteiger partial charge in [-0.25, -0.2) is 13.6 Å². The Morgan fingerprint density at radius 2 is 1.59 bits per heavy atom. The summed E-state index contributed by atoms with van der Waals surface area (Å²) in [6.07, 6.45) is 0.738. The highest BCUT2D eigenvalue weighted by molar-refractivity contribution is 6.38. The van der Waals surface area contributed by atoms with Crippen LogP contribution in [0.2, 0.25) is 0 Å². The molecule has 0 spiro atoms. The van der Waals surface area contributed by atoms with Crippen molar-refractivity contribution in [3.05, 3.63) is 35.9 Å². The number of nitrogens with zero attached hydrogens (tertiary/aromatic N) is 2. The van der Waals surface area contributed by atoms with Crippen molar-refractivity contribution in [2.45, 2.75) is 96.5 Å². The molecule has 6 atom stereocenters. The van der Waals surface area contributed by atoms with E-state index in [4.69, 9.17) is 4.74 Å². The molecular weight excluding hydrogens is 666 g/mol. The second-order valence-corrected chi connectivity index (χ2v) is 16.3. The van der Waals surface area contributed by atoms with E-state index in [1.54, 1.807) is 41.5 Å². The molecule has 3 fully saturated rings. The molecule has 1 aliphatic heterocycles. The van der Waals surface area contributed by atoms with Crippen LogP contribution in [0.15, 0.2) is 30.3 Å². The number of amides is 5. The van der Waals surface area contributed by atoms with Gasteiger partial charge in [0.1, 0.15) is 17.7 Å². The van der Waals surface area contributed by atoms with Crippen molar-refractivity contribution in [2.24, 2.45) is 23.2 Å². The van der Waals surface area contributed by atoms with E-state index in [1.807, 2.05) is 49.3 Å². The predicted octanol–water partition coefficient (Wildman–Crippen LogP) is 2.41. The molecule has 0 aromatic heterocycles. The Morgan fingerprint density at radius 1 is 0.961 bits per heavy atom. The lowest BCUT2D eigenvalue weighted by Crippen LogP contribution is -2.61. The minimum Gasteiger partial charge on any atom is -0.444 e. The summed E-state index contributed by atoms with van der Waals surface area (Å²) in [6.45, 7) is 9.55. The molecule has 2 unspecified atom stereocenters. The van der Waals surface area contributed by atoms with Gasteiger partial charge in [0.15, 0.2) is 0 Å². The average Bonchev–Trinajstić information content (AvgIpc) is 3.87. The first-order chi connectivity index (χ1) is 23.6. The van der Waals surface area contributed by atoms with E-state index in [0.29, 0.717) is 6.54 Å². The molecule has 0 bridgehead atoms. The topological polar surface area (TPSA) is 166 Å². The molecule has 2 saturated carbocycles. The molecule has 2 aliphatic carbocycles. The van der Waals surface area contributed by atoms with Crippen LogP contribution in [0.25, 0.3) is 0 Å². The summed E-state index contributed by atoms with van der Waals surface area (Å²) in [7, 11) is 3.71. The Hall–Kier alpha value is -4.14.